The molecular formula is C42H42Cl2F3N3O7. The summed E-state index contributed by atoms with van der Waals surface area (Å²) in [5.41, 5.74) is 2.21. The largest absolute Gasteiger partial charge is 0.619 e. The predicted molar refractivity (Wildman–Crippen MR) is 204 cm³/mol. The van der Waals surface area contributed by atoms with Crippen LogP contribution < -0.4 is 19.5 Å². The Morgan fingerprint density at radius 1 is 0.930 bits per heavy atom. The molecule has 4 fully saturated rings. The number of benzene rings is 3. The smallest absolute Gasteiger partial charge is 0.387 e. The standard InChI is InChI=1S/C42H42Cl2F3N3O7/c43-32-21-50(53)22-33(44)31(32)19-36(29-10-11-35(57-42(46)47)37(18-29)54-24-25-8-9-25)55-39(51)17-26-4-3-5-27(16-26)20-48-40(30-6-1-2-7-34(30)45)41(52)56-38-23-49-14-12-28(38)13-15-49/h1-7,10-11,16,18,21-22,25,28,36,38,40,42,48H,8-9,12-15,17,19-20,23-24H2/t36?,38-,40?/m0/s1. The van der Waals surface area contributed by atoms with Gasteiger partial charge in [-0.1, -0.05) is 71.7 Å². The number of alkyl halides is 2. The van der Waals surface area contributed by atoms with Gasteiger partial charge in [0, 0.05) is 30.6 Å². The Morgan fingerprint density at radius 3 is 2.35 bits per heavy atom. The Balaban J connectivity index is 1.07. The zero-order valence-electron chi connectivity index (χ0n) is 30.9. The Labute approximate surface area is 338 Å². The van der Waals surface area contributed by atoms with Gasteiger partial charge in [-0.05, 0) is 85.5 Å². The summed E-state index contributed by atoms with van der Waals surface area (Å²) >= 11 is 12.8. The van der Waals surface area contributed by atoms with E-state index in [0.29, 0.717) is 40.5 Å². The topological polar surface area (TPSA) is 113 Å². The number of carbonyl (C=O) groups excluding carboxylic acids is 2. The lowest BCUT2D eigenvalue weighted by Crippen LogP contribution is -2.52. The molecule has 2 unspecified atom stereocenters. The second kappa shape index (κ2) is 18.4. The van der Waals surface area contributed by atoms with Gasteiger partial charge in [0.05, 0.1) is 13.0 Å². The third-order valence-corrected chi connectivity index (χ3v) is 11.3. The number of esters is 2. The lowest BCUT2D eigenvalue weighted by Gasteiger charge is -2.44. The number of carbonyl (C=O) groups is 2. The van der Waals surface area contributed by atoms with E-state index in [-0.39, 0.29) is 58.5 Å². The highest BCUT2D eigenvalue weighted by Crippen LogP contribution is 2.38. The van der Waals surface area contributed by atoms with Gasteiger partial charge in [0.1, 0.15) is 34.1 Å². The number of nitrogens with zero attached hydrogens (tertiary/aromatic N) is 2. The second-order valence-electron chi connectivity index (χ2n) is 14.8. The number of rotatable bonds is 17. The van der Waals surface area contributed by atoms with Crippen molar-refractivity contribution in [3.05, 3.63) is 128 Å². The van der Waals surface area contributed by atoms with Gasteiger partial charge in [-0.3, -0.25) is 15.0 Å². The number of nitrogens with one attached hydrogen (secondary N) is 1. The van der Waals surface area contributed by atoms with Crippen LogP contribution in [-0.4, -0.2) is 55.8 Å². The van der Waals surface area contributed by atoms with Crippen molar-refractivity contribution in [2.24, 2.45) is 11.8 Å². The van der Waals surface area contributed by atoms with Crippen LogP contribution in [0.4, 0.5) is 13.2 Å². The van der Waals surface area contributed by atoms with Crippen molar-refractivity contribution < 1.29 is 46.4 Å². The minimum atomic E-state index is -3.09. The Kier molecular flexibility index (Phi) is 13.1. The van der Waals surface area contributed by atoms with E-state index in [1.54, 1.807) is 36.4 Å². The van der Waals surface area contributed by atoms with Crippen LogP contribution in [0.3, 0.4) is 0 Å². The summed E-state index contributed by atoms with van der Waals surface area (Å²) in [6.45, 7) is 0.00621. The van der Waals surface area contributed by atoms with Crippen molar-refractivity contribution in [2.45, 2.75) is 69.9 Å². The quantitative estimate of drug-likeness (QED) is 0.0651. The van der Waals surface area contributed by atoms with Gasteiger partial charge in [-0.2, -0.15) is 13.5 Å². The average Bonchev–Trinajstić information content (AvgIpc) is 4.01. The molecule has 0 radical (unpaired) electrons. The highest BCUT2D eigenvalue weighted by molar-refractivity contribution is 6.35. The normalized spacial score (nSPS) is 19.9. The van der Waals surface area contributed by atoms with Crippen molar-refractivity contribution in [3.8, 4) is 11.5 Å². The number of piperidine rings is 3. The lowest BCUT2D eigenvalue weighted by molar-refractivity contribution is -0.605. The summed E-state index contributed by atoms with van der Waals surface area (Å²) < 4.78 is 64.7. The SMILES string of the molecule is O=C(Cc1cccc(CNC(C(=O)O[C@H]2CN3CCC2CC3)c2ccccc2F)c1)OC(Cc1c(Cl)c[n+]([O-])cc1Cl)c1ccc(OC(F)F)c(OCC2CC2)c1. The molecule has 4 aliphatic rings. The Bertz CT molecular complexity index is 2040. The van der Waals surface area contributed by atoms with Gasteiger partial charge in [0.25, 0.3) is 0 Å². The van der Waals surface area contributed by atoms with Gasteiger partial charge in [-0.15, -0.1) is 0 Å². The molecule has 302 valence electrons. The molecule has 57 heavy (non-hydrogen) atoms. The summed E-state index contributed by atoms with van der Waals surface area (Å²) in [4.78, 5) is 29.5. The van der Waals surface area contributed by atoms with Gasteiger partial charge < -0.3 is 24.2 Å². The molecule has 4 aromatic rings. The van der Waals surface area contributed by atoms with Crippen LogP contribution >= 0.6 is 23.2 Å². The van der Waals surface area contributed by atoms with E-state index in [4.69, 9.17) is 42.1 Å². The fourth-order valence-electron chi connectivity index (χ4n) is 7.39. The molecule has 2 bridgehead atoms. The van der Waals surface area contributed by atoms with E-state index >= 15 is 4.39 Å². The first-order chi connectivity index (χ1) is 27.5. The molecule has 8 rings (SSSR count). The Hall–Kier alpha value is -4.56. The summed E-state index contributed by atoms with van der Waals surface area (Å²) in [6, 6.07) is 16.4. The van der Waals surface area contributed by atoms with Gasteiger partial charge in [0.2, 0.25) is 0 Å². The third kappa shape index (κ3) is 10.7. The highest BCUT2D eigenvalue weighted by Gasteiger charge is 2.38. The van der Waals surface area contributed by atoms with Crippen molar-refractivity contribution in [1.82, 2.24) is 10.2 Å². The minimum Gasteiger partial charge on any atom is -0.619 e. The summed E-state index contributed by atoms with van der Waals surface area (Å²) in [5.74, 6) is -1.24. The number of hydrogen-bond acceptors (Lipinski definition) is 9. The average molecular weight is 829 g/mol. The first-order valence-corrected chi connectivity index (χ1v) is 19.7. The maximum Gasteiger partial charge on any atom is 0.387 e. The fraction of sp³-hybridized carbons (Fsp3) is 0.405. The molecule has 0 spiro atoms. The monoisotopic (exact) mass is 827 g/mol. The van der Waals surface area contributed by atoms with Crippen LogP contribution in [0.2, 0.25) is 10.0 Å². The molecule has 0 amide bonds. The fourth-order valence-corrected chi connectivity index (χ4v) is 7.99. The molecule has 4 heterocycles. The van der Waals surface area contributed by atoms with Crippen LogP contribution in [0, 0.1) is 22.9 Å². The van der Waals surface area contributed by atoms with Crippen LogP contribution in [0.15, 0.2) is 79.1 Å². The zero-order valence-corrected chi connectivity index (χ0v) is 32.4. The molecule has 3 aromatic carbocycles. The third-order valence-electron chi connectivity index (χ3n) is 10.6. The van der Waals surface area contributed by atoms with Gasteiger partial charge >= 0.3 is 18.6 Å². The molecule has 1 saturated carbocycles. The predicted octanol–water partition coefficient (Wildman–Crippen LogP) is 7.69. The maximum absolute atomic E-state index is 15.1. The molecular weight excluding hydrogens is 786 g/mol. The molecule has 3 atom stereocenters. The summed E-state index contributed by atoms with van der Waals surface area (Å²) in [6.07, 6.45) is 4.58. The van der Waals surface area contributed by atoms with Crippen LogP contribution in [-0.2, 0) is 38.4 Å². The van der Waals surface area contributed by atoms with Crippen molar-refractivity contribution in [2.75, 3.05) is 26.2 Å². The number of pyridine rings is 1. The highest BCUT2D eigenvalue weighted by atomic mass is 35.5. The van der Waals surface area contributed by atoms with Crippen LogP contribution in [0.5, 0.6) is 11.5 Å². The number of halogens is 5. The van der Waals surface area contributed by atoms with Crippen molar-refractivity contribution in [3.63, 3.8) is 0 Å². The molecule has 15 heteroatoms. The van der Waals surface area contributed by atoms with Crippen LogP contribution in [0.25, 0.3) is 0 Å². The second-order valence-corrected chi connectivity index (χ2v) is 15.6. The molecule has 3 saturated heterocycles. The first-order valence-electron chi connectivity index (χ1n) is 18.9. The zero-order chi connectivity index (χ0) is 40.1. The van der Waals surface area contributed by atoms with Gasteiger partial charge in [-0.25, -0.2) is 9.18 Å². The molecule has 1 N–H and O–H groups in total. The molecule has 10 nitrogen and oxygen atoms in total. The van der Waals surface area contributed by atoms with Crippen LogP contribution in [0.1, 0.15) is 65.6 Å². The van der Waals surface area contributed by atoms with Gasteiger partial charge in [0.15, 0.2) is 23.9 Å². The minimum absolute atomic E-state index is 0.0444. The van der Waals surface area contributed by atoms with E-state index < -0.39 is 36.5 Å². The Morgan fingerprint density at radius 2 is 1.67 bits per heavy atom. The van der Waals surface area contributed by atoms with E-state index in [0.717, 1.165) is 56.7 Å². The number of aromatic nitrogens is 1. The molecule has 3 aliphatic heterocycles. The van der Waals surface area contributed by atoms with E-state index in [9.17, 15) is 23.6 Å². The molecule has 1 aliphatic carbocycles. The number of ether oxygens (including phenoxy) is 4. The first kappa shape index (κ1) is 40.6. The lowest BCUT2D eigenvalue weighted by atomic mass is 9.86. The van der Waals surface area contributed by atoms with E-state index in [1.165, 1.54) is 24.3 Å². The summed E-state index contributed by atoms with van der Waals surface area (Å²) in [5, 5.41) is 15.2. The van der Waals surface area contributed by atoms with E-state index in [2.05, 4.69) is 10.2 Å². The van der Waals surface area contributed by atoms with E-state index in [1.807, 2.05) is 6.07 Å². The summed E-state index contributed by atoms with van der Waals surface area (Å²) in [7, 11) is 0. The number of hydrogen-bond donors (Lipinski definition) is 1. The van der Waals surface area contributed by atoms with Crippen molar-refractivity contribution >= 4 is 35.1 Å². The maximum atomic E-state index is 15.1. The molecule has 1 aromatic heterocycles. The van der Waals surface area contributed by atoms with Crippen molar-refractivity contribution in [1.29, 1.82) is 0 Å². The number of fused-ring (bicyclic) bond motifs is 3.